The van der Waals surface area contributed by atoms with E-state index in [9.17, 15) is 5.11 Å². The molecule has 0 radical (unpaired) electrons. The lowest BCUT2D eigenvalue weighted by Gasteiger charge is -2.29. The molecule has 96 valence electrons. The predicted octanol–water partition coefficient (Wildman–Crippen LogP) is 3.11. The highest BCUT2D eigenvalue weighted by molar-refractivity contribution is 6.30. The van der Waals surface area contributed by atoms with Gasteiger partial charge in [-0.1, -0.05) is 30.7 Å². The second kappa shape index (κ2) is 5.57. The zero-order valence-electron chi connectivity index (χ0n) is 10.1. The van der Waals surface area contributed by atoms with E-state index in [0.717, 1.165) is 18.4 Å². The molecule has 3 atom stereocenters. The molecule has 2 N–H and O–H groups in total. The third-order valence-electron chi connectivity index (χ3n) is 3.43. The van der Waals surface area contributed by atoms with Crippen molar-refractivity contribution in [1.29, 1.82) is 0 Å². The first-order chi connectivity index (χ1) is 7.56. The highest BCUT2D eigenvalue weighted by Gasteiger charge is 2.44. The Balaban J connectivity index is 0.00000144. The number of halogens is 2. The quantitative estimate of drug-likeness (QED) is 0.870. The Bertz CT molecular complexity index is 368. The minimum Gasteiger partial charge on any atom is -0.383 e. The fourth-order valence-corrected chi connectivity index (χ4v) is 2.79. The lowest BCUT2D eigenvalue weighted by molar-refractivity contribution is 0.0214. The molecule has 0 saturated carbocycles. The first-order valence-corrected chi connectivity index (χ1v) is 6.18. The average Bonchev–Trinajstić information content (AvgIpc) is 2.55. The van der Waals surface area contributed by atoms with Crippen molar-refractivity contribution < 1.29 is 5.11 Å². The predicted molar refractivity (Wildman–Crippen MR) is 73.9 cm³/mol. The molecule has 1 aliphatic rings. The molecule has 1 aromatic rings. The topological polar surface area (TPSA) is 32.3 Å². The summed E-state index contributed by atoms with van der Waals surface area (Å²) < 4.78 is 0. The first kappa shape index (κ1) is 14.8. The van der Waals surface area contributed by atoms with Crippen LogP contribution in [0, 0.1) is 0 Å². The molecular weight excluding hydrogens is 257 g/mol. The van der Waals surface area contributed by atoms with Crippen molar-refractivity contribution >= 4 is 24.0 Å². The van der Waals surface area contributed by atoms with Gasteiger partial charge in [0.05, 0.1) is 0 Å². The standard InChI is InChI=1S/C13H18ClNO.ClH/c1-3-12-13(16,8-9(2)15-12)10-4-6-11(14)7-5-10;/h4-7,9,12,15-16H,3,8H2,1-2H3;1H. The van der Waals surface area contributed by atoms with Gasteiger partial charge in [0, 0.05) is 17.1 Å². The Morgan fingerprint density at radius 3 is 2.53 bits per heavy atom. The molecule has 17 heavy (non-hydrogen) atoms. The zero-order valence-corrected chi connectivity index (χ0v) is 11.7. The van der Waals surface area contributed by atoms with Gasteiger partial charge in [-0.3, -0.25) is 0 Å². The smallest absolute Gasteiger partial charge is 0.106 e. The lowest BCUT2D eigenvalue weighted by atomic mass is 9.84. The molecule has 2 nitrogen and oxygen atoms in total. The van der Waals surface area contributed by atoms with Crippen LogP contribution in [0.2, 0.25) is 5.02 Å². The van der Waals surface area contributed by atoms with E-state index in [0.29, 0.717) is 11.1 Å². The van der Waals surface area contributed by atoms with Crippen molar-refractivity contribution in [3.8, 4) is 0 Å². The number of aliphatic hydroxyl groups is 1. The van der Waals surface area contributed by atoms with E-state index in [1.54, 1.807) is 0 Å². The number of rotatable bonds is 2. The highest BCUT2D eigenvalue weighted by Crippen LogP contribution is 2.37. The summed E-state index contributed by atoms with van der Waals surface area (Å²) in [7, 11) is 0. The number of nitrogens with one attached hydrogen (secondary N) is 1. The van der Waals surface area contributed by atoms with E-state index in [2.05, 4.69) is 19.2 Å². The van der Waals surface area contributed by atoms with Crippen LogP contribution in [0.15, 0.2) is 24.3 Å². The molecule has 0 bridgehead atoms. The molecule has 1 heterocycles. The molecule has 1 aromatic carbocycles. The highest BCUT2D eigenvalue weighted by atomic mass is 35.5. The zero-order chi connectivity index (χ0) is 11.8. The number of benzene rings is 1. The summed E-state index contributed by atoms with van der Waals surface area (Å²) in [4.78, 5) is 0. The molecule has 4 heteroatoms. The van der Waals surface area contributed by atoms with Crippen molar-refractivity contribution in [1.82, 2.24) is 5.32 Å². The van der Waals surface area contributed by atoms with Crippen LogP contribution in [0.3, 0.4) is 0 Å². The third kappa shape index (κ3) is 2.76. The Hall–Kier alpha value is -0.280. The summed E-state index contributed by atoms with van der Waals surface area (Å²) in [5.41, 5.74) is 0.208. The van der Waals surface area contributed by atoms with Gasteiger partial charge in [0.25, 0.3) is 0 Å². The van der Waals surface area contributed by atoms with E-state index >= 15 is 0 Å². The Morgan fingerprint density at radius 2 is 2.00 bits per heavy atom. The van der Waals surface area contributed by atoms with Gasteiger partial charge in [-0.2, -0.15) is 0 Å². The summed E-state index contributed by atoms with van der Waals surface area (Å²) in [6.07, 6.45) is 1.68. The summed E-state index contributed by atoms with van der Waals surface area (Å²) in [5.74, 6) is 0. The molecule has 0 aromatic heterocycles. The normalized spacial score (nSPS) is 32.2. The minimum atomic E-state index is -0.751. The second-order valence-corrected chi connectivity index (χ2v) is 5.10. The van der Waals surface area contributed by atoms with E-state index in [-0.39, 0.29) is 18.4 Å². The fourth-order valence-electron chi connectivity index (χ4n) is 2.66. The Morgan fingerprint density at radius 1 is 1.41 bits per heavy atom. The van der Waals surface area contributed by atoms with Crippen LogP contribution in [-0.2, 0) is 5.60 Å². The minimum absolute atomic E-state index is 0. The SMILES string of the molecule is CCC1NC(C)CC1(O)c1ccc(Cl)cc1.Cl. The first-order valence-electron chi connectivity index (χ1n) is 5.80. The summed E-state index contributed by atoms with van der Waals surface area (Å²) >= 11 is 5.87. The number of hydrogen-bond acceptors (Lipinski definition) is 2. The maximum atomic E-state index is 10.8. The van der Waals surface area contributed by atoms with Gasteiger partial charge < -0.3 is 10.4 Å². The molecule has 1 saturated heterocycles. The van der Waals surface area contributed by atoms with Crippen LogP contribution in [0.4, 0.5) is 0 Å². The maximum absolute atomic E-state index is 10.8. The van der Waals surface area contributed by atoms with Crippen molar-refractivity contribution in [3.05, 3.63) is 34.9 Å². The van der Waals surface area contributed by atoms with Crippen molar-refractivity contribution in [2.75, 3.05) is 0 Å². The third-order valence-corrected chi connectivity index (χ3v) is 3.68. The van der Waals surface area contributed by atoms with Gasteiger partial charge in [0.2, 0.25) is 0 Å². The molecule has 3 unspecified atom stereocenters. The average molecular weight is 276 g/mol. The number of hydrogen-bond donors (Lipinski definition) is 2. The Kier molecular flexibility index (Phi) is 4.85. The van der Waals surface area contributed by atoms with Crippen LogP contribution in [0.25, 0.3) is 0 Å². The van der Waals surface area contributed by atoms with Gasteiger partial charge in [0.15, 0.2) is 0 Å². The van der Waals surface area contributed by atoms with Crippen LogP contribution >= 0.6 is 24.0 Å². The van der Waals surface area contributed by atoms with Gasteiger partial charge in [-0.15, -0.1) is 12.4 Å². The largest absolute Gasteiger partial charge is 0.383 e. The van der Waals surface area contributed by atoms with Crippen LogP contribution in [0.5, 0.6) is 0 Å². The van der Waals surface area contributed by atoms with E-state index in [1.807, 2.05) is 24.3 Å². The van der Waals surface area contributed by atoms with Gasteiger partial charge in [0.1, 0.15) is 5.60 Å². The van der Waals surface area contributed by atoms with Crippen molar-refractivity contribution in [3.63, 3.8) is 0 Å². The van der Waals surface area contributed by atoms with Crippen LogP contribution in [0.1, 0.15) is 32.3 Å². The van der Waals surface area contributed by atoms with Gasteiger partial charge >= 0.3 is 0 Å². The molecule has 0 amide bonds. The monoisotopic (exact) mass is 275 g/mol. The van der Waals surface area contributed by atoms with E-state index in [4.69, 9.17) is 11.6 Å². The molecule has 0 aliphatic carbocycles. The van der Waals surface area contributed by atoms with Crippen LogP contribution in [-0.4, -0.2) is 17.2 Å². The van der Waals surface area contributed by atoms with Gasteiger partial charge in [-0.25, -0.2) is 0 Å². The Labute approximate surface area is 114 Å². The van der Waals surface area contributed by atoms with Crippen molar-refractivity contribution in [2.24, 2.45) is 0 Å². The molecule has 1 aliphatic heterocycles. The van der Waals surface area contributed by atoms with E-state index in [1.165, 1.54) is 0 Å². The second-order valence-electron chi connectivity index (χ2n) is 4.66. The molecule has 2 rings (SSSR count). The summed E-state index contributed by atoms with van der Waals surface area (Å²) in [6, 6.07) is 8.00. The summed E-state index contributed by atoms with van der Waals surface area (Å²) in [6.45, 7) is 4.20. The molecule has 1 fully saturated rings. The molecule has 0 spiro atoms. The van der Waals surface area contributed by atoms with E-state index < -0.39 is 5.60 Å². The van der Waals surface area contributed by atoms with Gasteiger partial charge in [-0.05, 0) is 37.5 Å². The maximum Gasteiger partial charge on any atom is 0.106 e. The molecular formula is C13H19Cl2NO. The fraction of sp³-hybridized carbons (Fsp3) is 0.538. The van der Waals surface area contributed by atoms with Crippen LogP contribution < -0.4 is 5.32 Å². The van der Waals surface area contributed by atoms with Crippen molar-refractivity contribution in [2.45, 2.75) is 44.4 Å². The summed E-state index contributed by atoms with van der Waals surface area (Å²) in [5, 5.41) is 14.9. The lowest BCUT2D eigenvalue weighted by Crippen LogP contribution is -2.40.